The minimum atomic E-state index is -0.861. The highest BCUT2D eigenvalue weighted by molar-refractivity contribution is 5.45. The van der Waals surface area contributed by atoms with E-state index in [1.54, 1.807) is 24.3 Å². The third kappa shape index (κ3) is 2.44. The van der Waals surface area contributed by atoms with Crippen molar-refractivity contribution in [1.82, 2.24) is 0 Å². The number of rotatable bonds is 3. The molecule has 5 nitrogen and oxygen atoms in total. The molecule has 0 atom stereocenters. The number of benzene rings is 1. The Morgan fingerprint density at radius 3 is 2.20 bits per heavy atom. The summed E-state index contributed by atoms with van der Waals surface area (Å²) in [7, 11) is 0. The van der Waals surface area contributed by atoms with Crippen LogP contribution in [0, 0.1) is 0 Å². The van der Waals surface area contributed by atoms with Gasteiger partial charge in [0.25, 0.3) is 6.47 Å². The Morgan fingerprint density at radius 1 is 1.05 bits per heavy atom. The van der Waals surface area contributed by atoms with Crippen molar-refractivity contribution in [2.24, 2.45) is 0 Å². The largest absolute Gasteiger partial charge is 0.429 e. The van der Waals surface area contributed by atoms with Crippen LogP contribution in [0.15, 0.2) is 24.3 Å². The molecular weight excluding hydrogens is 260 g/mol. The topological polar surface area (TPSA) is 65.0 Å². The molecule has 0 aromatic heterocycles. The van der Waals surface area contributed by atoms with E-state index in [1.807, 2.05) is 0 Å². The lowest BCUT2D eigenvalue weighted by atomic mass is 9.77. The quantitative estimate of drug-likeness (QED) is 0.853. The number of aliphatic hydroxyl groups is 1. The first kappa shape index (κ1) is 13.5. The Bertz CT molecular complexity index is 466. The number of carbonyl (C=O) groups excluding carboxylic acids is 1. The van der Waals surface area contributed by atoms with Gasteiger partial charge in [0.1, 0.15) is 5.75 Å². The van der Waals surface area contributed by atoms with Gasteiger partial charge in [-0.2, -0.15) is 0 Å². The van der Waals surface area contributed by atoms with Gasteiger partial charge in [0.2, 0.25) is 0 Å². The van der Waals surface area contributed by atoms with E-state index in [4.69, 9.17) is 14.2 Å². The fourth-order valence-corrected chi connectivity index (χ4v) is 3.02. The van der Waals surface area contributed by atoms with Crippen molar-refractivity contribution >= 4 is 6.47 Å². The van der Waals surface area contributed by atoms with Crippen LogP contribution in [0.4, 0.5) is 0 Å². The molecule has 0 bridgehead atoms. The van der Waals surface area contributed by atoms with Crippen molar-refractivity contribution in [2.75, 3.05) is 13.2 Å². The van der Waals surface area contributed by atoms with Gasteiger partial charge in [-0.25, -0.2) is 0 Å². The first-order chi connectivity index (χ1) is 9.66. The van der Waals surface area contributed by atoms with Crippen molar-refractivity contribution in [3.8, 4) is 5.75 Å². The van der Waals surface area contributed by atoms with Crippen LogP contribution in [0.25, 0.3) is 0 Å². The van der Waals surface area contributed by atoms with Crippen LogP contribution < -0.4 is 4.74 Å². The summed E-state index contributed by atoms with van der Waals surface area (Å²) in [5.74, 6) is -0.00521. The predicted octanol–water partition coefficient (Wildman–Crippen LogP) is 1.73. The summed E-state index contributed by atoms with van der Waals surface area (Å²) in [6, 6.07) is 6.98. The highest BCUT2D eigenvalue weighted by Gasteiger charge is 2.46. The van der Waals surface area contributed by atoms with Crippen LogP contribution in [0.1, 0.15) is 31.2 Å². The molecule has 108 valence electrons. The Balaban J connectivity index is 1.71. The van der Waals surface area contributed by atoms with E-state index in [2.05, 4.69) is 0 Å². The van der Waals surface area contributed by atoms with Crippen molar-refractivity contribution in [2.45, 2.75) is 37.1 Å². The molecule has 1 aliphatic heterocycles. The summed E-state index contributed by atoms with van der Waals surface area (Å²) in [5, 5.41) is 10.8. The maximum atomic E-state index is 10.8. The molecule has 1 aromatic carbocycles. The number of carbonyl (C=O) groups is 1. The molecule has 0 unspecified atom stereocenters. The standard InChI is InChI=1S/C15H18O5/c16-11-18-13-3-1-12(2-4-13)14(17)5-7-15(8-6-14)19-9-10-20-15/h1-4,11,17H,5-10H2. The van der Waals surface area contributed by atoms with E-state index >= 15 is 0 Å². The van der Waals surface area contributed by atoms with Crippen LogP contribution in [0.5, 0.6) is 5.75 Å². The number of ether oxygens (including phenoxy) is 3. The smallest absolute Gasteiger partial charge is 0.298 e. The molecule has 1 aliphatic carbocycles. The summed E-state index contributed by atoms with van der Waals surface area (Å²) < 4.78 is 16.1. The van der Waals surface area contributed by atoms with Crippen LogP contribution in [-0.4, -0.2) is 30.6 Å². The lowest BCUT2D eigenvalue weighted by molar-refractivity contribution is -0.204. The van der Waals surface area contributed by atoms with Crippen molar-refractivity contribution in [3.05, 3.63) is 29.8 Å². The molecule has 0 amide bonds. The SMILES string of the molecule is O=COc1ccc(C2(O)CCC3(CC2)OCCO3)cc1. The van der Waals surface area contributed by atoms with Crippen molar-refractivity contribution < 1.29 is 24.1 Å². The second-order valence-corrected chi connectivity index (χ2v) is 5.38. The molecule has 1 spiro atoms. The first-order valence-electron chi connectivity index (χ1n) is 6.87. The van der Waals surface area contributed by atoms with Gasteiger partial charge < -0.3 is 19.3 Å². The molecule has 2 aliphatic rings. The van der Waals surface area contributed by atoms with E-state index in [-0.39, 0.29) is 0 Å². The van der Waals surface area contributed by atoms with Crippen LogP contribution >= 0.6 is 0 Å². The summed E-state index contributed by atoms with van der Waals surface area (Å²) >= 11 is 0. The van der Waals surface area contributed by atoms with E-state index in [9.17, 15) is 9.90 Å². The molecule has 1 heterocycles. The van der Waals surface area contributed by atoms with E-state index < -0.39 is 11.4 Å². The summed E-state index contributed by atoms with van der Waals surface area (Å²) in [5.41, 5.74) is -0.0242. The molecule has 0 radical (unpaired) electrons. The Kier molecular flexibility index (Phi) is 3.50. The minimum Gasteiger partial charge on any atom is -0.429 e. The maximum Gasteiger partial charge on any atom is 0.298 e. The first-order valence-corrected chi connectivity index (χ1v) is 6.87. The van der Waals surface area contributed by atoms with E-state index in [0.717, 1.165) is 5.56 Å². The van der Waals surface area contributed by atoms with Crippen molar-refractivity contribution in [1.29, 1.82) is 0 Å². The second-order valence-electron chi connectivity index (χ2n) is 5.38. The average molecular weight is 278 g/mol. The van der Waals surface area contributed by atoms with Crippen LogP contribution in [0.3, 0.4) is 0 Å². The average Bonchev–Trinajstić information content (AvgIpc) is 2.93. The third-order valence-electron chi connectivity index (χ3n) is 4.23. The predicted molar refractivity (Wildman–Crippen MR) is 70.1 cm³/mol. The van der Waals surface area contributed by atoms with Gasteiger partial charge in [-0.3, -0.25) is 4.79 Å². The zero-order chi connectivity index (χ0) is 14.1. The van der Waals surface area contributed by atoms with Gasteiger partial charge in [-0.1, -0.05) is 12.1 Å². The zero-order valence-electron chi connectivity index (χ0n) is 11.2. The summed E-state index contributed by atoms with van der Waals surface area (Å²) in [6.45, 7) is 1.66. The molecule has 20 heavy (non-hydrogen) atoms. The van der Waals surface area contributed by atoms with Gasteiger partial charge in [0, 0.05) is 12.8 Å². The fourth-order valence-electron chi connectivity index (χ4n) is 3.02. The highest BCUT2D eigenvalue weighted by atomic mass is 16.7. The summed E-state index contributed by atoms with van der Waals surface area (Å²) in [6.07, 6.45) is 2.58. The summed E-state index contributed by atoms with van der Waals surface area (Å²) in [4.78, 5) is 10.3. The van der Waals surface area contributed by atoms with E-state index in [0.29, 0.717) is 51.1 Å². The van der Waals surface area contributed by atoms with Gasteiger partial charge in [0.05, 0.1) is 18.8 Å². The lowest BCUT2D eigenvalue weighted by Gasteiger charge is -2.40. The lowest BCUT2D eigenvalue weighted by Crippen LogP contribution is -2.42. The second kappa shape index (κ2) is 5.16. The molecule has 1 aromatic rings. The Labute approximate surface area is 117 Å². The van der Waals surface area contributed by atoms with Gasteiger partial charge >= 0.3 is 0 Å². The molecule has 2 fully saturated rings. The third-order valence-corrected chi connectivity index (χ3v) is 4.23. The van der Waals surface area contributed by atoms with Gasteiger partial charge in [-0.15, -0.1) is 0 Å². The fraction of sp³-hybridized carbons (Fsp3) is 0.533. The van der Waals surface area contributed by atoms with Crippen LogP contribution in [-0.2, 0) is 19.9 Å². The Morgan fingerprint density at radius 2 is 1.65 bits per heavy atom. The highest BCUT2D eigenvalue weighted by Crippen LogP contribution is 2.44. The molecule has 1 saturated carbocycles. The zero-order valence-corrected chi connectivity index (χ0v) is 11.2. The normalized spacial score (nSPS) is 23.6. The molecule has 1 saturated heterocycles. The number of hydrogen-bond acceptors (Lipinski definition) is 5. The van der Waals surface area contributed by atoms with E-state index in [1.165, 1.54) is 0 Å². The van der Waals surface area contributed by atoms with Gasteiger partial charge in [-0.05, 0) is 30.5 Å². The maximum absolute atomic E-state index is 10.8. The Hall–Kier alpha value is -1.43. The van der Waals surface area contributed by atoms with Crippen LogP contribution in [0.2, 0.25) is 0 Å². The molecule has 5 heteroatoms. The van der Waals surface area contributed by atoms with Gasteiger partial charge in [0.15, 0.2) is 5.79 Å². The monoisotopic (exact) mass is 278 g/mol. The molecule has 1 N–H and O–H groups in total. The molecule has 3 rings (SSSR count). The van der Waals surface area contributed by atoms with Crippen molar-refractivity contribution in [3.63, 3.8) is 0 Å². The minimum absolute atomic E-state index is 0.392. The molecular formula is C15H18O5. The number of hydrogen-bond donors (Lipinski definition) is 1.